The van der Waals surface area contributed by atoms with Gasteiger partial charge in [0, 0.05) is 25.4 Å². The van der Waals surface area contributed by atoms with E-state index < -0.39 is 0 Å². The summed E-state index contributed by atoms with van der Waals surface area (Å²) in [5.74, 6) is 6.26. The lowest BCUT2D eigenvalue weighted by atomic mass is 10.0. The van der Waals surface area contributed by atoms with Gasteiger partial charge in [0.2, 0.25) is 0 Å². The first kappa shape index (κ1) is 15.2. The first-order valence-corrected chi connectivity index (χ1v) is 7.36. The number of halogens is 2. The van der Waals surface area contributed by atoms with Gasteiger partial charge in [-0.15, -0.1) is 0 Å². The zero-order valence-corrected chi connectivity index (χ0v) is 12.9. The molecule has 1 unspecified atom stereocenters. The van der Waals surface area contributed by atoms with Crippen LogP contribution in [0.3, 0.4) is 0 Å². The Labute approximate surface area is 126 Å². The molecular formula is C14H18BrFN4. The van der Waals surface area contributed by atoms with Gasteiger partial charge in [-0.2, -0.15) is 0 Å². The van der Waals surface area contributed by atoms with Crippen molar-refractivity contribution in [2.24, 2.45) is 5.84 Å². The minimum absolute atomic E-state index is 0.171. The summed E-state index contributed by atoms with van der Waals surface area (Å²) in [7, 11) is 0. The molecule has 1 atom stereocenters. The minimum Gasteiger partial charge on any atom is -0.335 e. The molecule has 1 aromatic heterocycles. The monoisotopic (exact) mass is 340 g/mol. The van der Waals surface area contributed by atoms with Gasteiger partial charge in [0.25, 0.3) is 0 Å². The van der Waals surface area contributed by atoms with Gasteiger partial charge in [-0.1, -0.05) is 13.0 Å². The van der Waals surface area contributed by atoms with Crippen molar-refractivity contribution in [3.8, 4) is 0 Å². The maximum Gasteiger partial charge on any atom is 0.137 e. The maximum absolute atomic E-state index is 13.6. The summed E-state index contributed by atoms with van der Waals surface area (Å²) in [6, 6.07) is 4.86. The highest BCUT2D eigenvalue weighted by Gasteiger charge is 2.15. The first-order valence-electron chi connectivity index (χ1n) is 6.56. The number of imidazole rings is 1. The highest BCUT2D eigenvalue weighted by atomic mass is 79.9. The Hall–Kier alpha value is -1.24. The van der Waals surface area contributed by atoms with Gasteiger partial charge < -0.3 is 4.57 Å². The normalized spacial score (nSPS) is 12.6. The Morgan fingerprint density at radius 1 is 1.50 bits per heavy atom. The molecule has 0 amide bonds. The fourth-order valence-corrected chi connectivity index (χ4v) is 2.41. The Morgan fingerprint density at radius 3 is 2.95 bits per heavy atom. The van der Waals surface area contributed by atoms with Crippen LogP contribution in [0.4, 0.5) is 4.39 Å². The van der Waals surface area contributed by atoms with E-state index in [4.69, 9.17) is 5.84 Å². The average Bonchev–Trinajstić information content (AvgIpc) is 2.87. The van der Waals surface area contributed by atoms with Crippen molar-refractivity contribution in [2.45, 2.75) is 32.4 Å². The second-order valence-electron chi connectivity index (χ2n) is 4.63. The Bertz CT molecular complexity index is 570. The molecule has 2 rings (SSSR count). The predicted molar refractivity (Wildman–Crippen MR) is 80.4 cm³/mol. The van der Waals surface area contributed by atoms with E-state index in [0.717, 1.165) is 24.4 Å². The Morgan fingerprint density at radius 2 is 2.30 bits per heavy atom. The number of hydrazine groups is 1. The number of aryl methyl sites for hydroxylation is 1. The van der Waals surface area contributed by atoms with Gasteiger partial charge in [0.05, 0.1) is 10.5 Å². The van der Waals surface area contributed by atoms with E-state index in [9.17, 15) is 4.39 Å². The number of nitrogens with zero attached hydrogens (tertiary/aromatic N) is 2. The highest BCUT2D eigenvalue weighted by molar-refractivity contribution is 9.10. The first-order chi connectivity index (χ1) is 9.65. The molecule has 2 aromatic rings. The predicted octanol–water partition coefficient (Wildman–Crippen LogP) is 2.94. The van der Waals surface area contributed by atoms with Crippen LogP contribution in [0.25, 0.3) is 0 Å². The molecule has 108 valence electrons. The third-order valence-corrected chi connectivity index (χ3v) is 3.84. The molecular weight excluding hydrogens is 323 g/mol. The van der Waals surface area contributed by atoms with Crippen molar-refractivity contribution < 1.29 is 4.39 Å². The highest BCUT2D eigenvalue weighted by Crippen LogP contribution is 2.22. The van der Waals surface area contributed by atoms with Crippen LogP contribution < -0.4 is 11.3 Å². The lowest BCUT2D eigenvalue weighted by molar-refractivity contribution is 0.512. The van der Waals surface area contributed by atoms with E-state index in [1.54, 1.807) is 12.3 Å². The summed E-state index contributed by atoms with van der Waals surface area (Å²) in [6.45, 7) is 3.04. The van der Waals surface area contributed by atoms with Crippen molar-refractivity contribution in [3.05, 3.63) is 52.3 Å². The smallest absolute Gasteiger partial charge is 0.137 e. The maximum atomic E-state index is 13.6. The number of rotatable bonds is 6. The second-order valence-corrected chi connectivity index (χ2v) is 5.49. The molecule has 0 fully saturated rings. The van der Waals surface area contributed by atoms with Crippen LogP contribution in [0.5, 0.6) is 0 Å². The van der Waals surface area contributed by atoms with E-state index in [0.29, 0.717) is 10.9 Å². The topological polar surface area (TPSA) is 55.9 Å². The standard InChI is InChI=1S/C14H18BrFN4/c1-2-6-20-7-5-18-14(20)9-13(19-17)10-3-4-11(15)12(16)8-10/h3-5,7-8,13,19H,2,6,9,17H2,1H3. The number of nitrogens with two attached hydrogens (primary N) is 1. The molecule has 0 saturated carbocycles. The van der Waals surface area contributed by atoms with Crippen LogP contribution >= 0.6 is 15.9 Å². The average molecular weight is 341 g/mol. The van der Waals surface area contributed by atoms with E-state index in [1.807, 2.05) is 12.3 Å². The lowest BCUT2D eigenvalue weighted by Crippen LogP contribution is -2.30. The van der Waals surface area contributed by atoms with Crippen molar-refractivity contribution in [3.63, 3.8) is 0 Å². The molecule has 0 aliphatic carbocycles. The third-order valence-electron chi connectivity index (χ3n) is 3.20. The summed E-state index contributed by atoms with van der Waals surface area (Å²) < 4.78 is 16.2. The fourth-order valence-electron chi connectivity index (χ4n) is 2.16. The van der Waals surface area contributed by atoms with E-state index in [1.165, 1.54) is 6.07 Å². The van der Waals surface area contributed by atoms with Gasteiger partial charge >= 0.3 is 0 Å². The third kappa shape index (κ3) is 3.45. The summed E-state index contributed by atoms with van der Waals surface area (Å²) in [5, 5.41) is 0. The number of hydrogen-bond acceptors (Lipinski definition) is 3. The van der Waals surface area contributed by atoms with Crippen LogP contribution in [-0.2, 0) is 13.0 Å². The van der Waals surface area contributed by atoms with Crippen molar-refractivity contribution in [1.29, 1.82) is 0 Å². The molecule has 20 heavy (non-hydrogen) atoms. The van der Waals surface area contributed by atoms with E-state index in [-0.39, 0.29) is 11.9 Å². The molecule has 3 N–H and O–H groups in total. The molecule has 0 aliphatic heterocycles. The van der Waals surface area contributed by atoms with E-state index >= 15 is 0 Å². The van der Waals surface area contributed by atoms with Crippen LogP contribution in [0.2, 0.25) is 0 Å². The zero-order chi connectivity index (χ0) is 14.5. The molecule has 4 nitrogen and oxygen atoms in total. The van der Waals surface area contributed by atoms with Crippen molar-refractivity contribution >= 4 is 15.9 Å². The van der Waals surface area contributed by atoms with Crippen LogP contribution in [-0.4, -0.2) is 9.55 Å². The van der Waals surface area contributed by atoms with Gasteiger partial charge in [0.1, 0.15) is 11.6 Å². The molecule has 0 bridgehead atoms. The molecule has 1 heterocycles. The van der Waals surface area contributed by atoms with Crippen LogP contribution in [0, 0.1) is 5.82 Å². The second kappa shape index (κ2) is 6.97. The van der Waals surface area contributed by atoms with Gasteiger partial charge in [-0.25, -0.2) is 9.37 Å². The van der Waals surface area contributed by atoms with Crippen LogP contribution in [0.1, 0.15) is 30.8 Å². The quantitative estimate of drug-likeness (QED) is 0.627. The minimum atomic E-state index is -0.292. The van der Waals surface area contributed by atoms with E-state index in [2.05, 4.69) is 37.8 Å². The molecule has 1 aromatic carbocycles. The van der Waals surface area contributed by atoms with Gasteiger partial charge in [-0.3, -0.25) is 11.3 Å². The largest absolute Gasteiger partial charge is 0.335 e. The SMILES string of the molecule is CCCn1ccnc1CC(NN)c1ccc(Br)c(F)c1. The Kier molecular flexibility index (Phi) is 5.28. The molecule has 6 heteroatoms. The van der Waals surface area contributed by atoms with Crippen LogP contribution in [0.15, 0.2) is 35.1 Å². The summed E-state index contributed by atoms with van der Waals surface area (Å²) in [4.78, 5) is 4.35. The van der Waals surface area contributed by atoms with Crippen molar-refractivity contribution in [1.82, 2.24) is 15.0 Å². The zero-order valence-electron chi connectivity index (χ0n) is 11.3. The number of hydrogen-bond donors (Lipinski definition) is 2. The number of nitrogens with one attached hydrogen (secondary N) is 1. The molecule has 0 radical (unpaired) electrons. The lowest BCUT2D eigenvalue weighted by Gasteiger charge is -2.17. The Balaban J connectivity index is 2.19. The molecule has 0 aliphatic rings. The summed E-state index contributed by atoms with van der Waals surface area (Å²) >= 11 is 3.15. The summed E-state index contributed by atoms with van der Waals surface area (Å²) in [5.41, 5.74) is 3.54. The molecule has 0 saturated heterocycles. The van der Waals surface area contributed by atoms with Gasteiger partial charge in [-0.05, 0) is 40.0 Å². The summed E-state index contributed by atoms with van der Waals surface area (Å²) in [6.07, 6.45) is 5.39. The number of aromatic nitrogens is 2. The van der Waals surface area contributed by atoms with Gasteiger partial charge in [0.15, 0.2) is 0 Å². The fraction of sp³-hybridized carbons (Fsp3) is 0.357. The number of benzene rings is 1. The van der Waals surface area contributed by atoms with Crippen molar-refractivity contribution in [2.75, 3.05) is 0 Å². The molecule has 0 spiro atoms.